The van der Waals surface area contributed by atoms with E-state index < -0.39 is 0 Å². The number of nitrogens with zero attached hydrogens (tertiary/aromatic N) is 5. The van der Waals surface area contributed by atoms with Crippen molar-refractivity contribution in [3.8, 4) is 16.8 Å². The van der Waals surface area contributed by atoms with Gasteiger partial charge in [-0.05, 0) is 55.2 Å². The number of carbonyl (C=O) groups is 1. The number of carbonyl (C=O) groups excluding carboxylic acids is 1. The van der Waals surface area contributed by atoms with Crippen molar-refractivity contribution in [2.75, 3.05) is 13.1 Å². The van der Waals surface area contributed by atoms with E-state index >= 15 is 0 Å². The molecule has 3 aromatic heterocycles. The Morgan fingerprint density at radius 3 is 2.70 bits per heavy atom. The van der Waals surface area contributed by atoms with E-state index in [0.29, 0.717) is 24.7 Å². The van der Waals surface area contributed by atoms with Gasteiger partial charge in [-0.3, -0.25) is 14.9 Å². The Morgan fingerprint density at radius 1 is 1.12 bits per heavy atom. The van der Waals surface area contributed by atoms with Gasteiger partial charge in [0.1, 0.15) is 5.69 Å². The van der Waals surface area contributed by atoms with E-state index in [-0.39, 0.29) is 11.8 Å². The van der Waals surface area contributed by atoms with Gasteiger partial charge < -0.3 is 4.90 Å². The third-order valence-electron chi connectivity index (χ3n) is 6.24. The van der Waals surface area contributed by atoms with E-state index in [4.69, 9.17) is 4.98 Å². The smallest absolute Gasteiger partial charge is 0.274 e. The van der Waals surface area contributed by atoms with Crippen LogP contribution >= 0.6 is 0 Å². The Bertz CT molecular complexity index is 1270. The van der Waals surface area contributed by atoms with Gasteiger partial charge in [0.2, 0.25) is 0 Å². The standard InChI is InChI=1S/C26H28N6O/c1-17(2)23-13-25(30-29-23)26(33)31-10-9-19(15-31)24-12-20(11-18(3)28-24)21-14-27-32(16-21)22-7-5-4-6-8-22/h4-8,11-14,16-17,19H,9-10,15H2,1-3H3,(H,29,30). The van der Waals surface area contributed by atoms with Gasteiger partial charge in [0.25, 0.3) is 5.91 Å². The minimum absolute atomic E-state index is 0.0161. The summed E-state index contributed by atoms with van der Waals surface area (Å²) in [6.07, 6.45) is 4.83. The number of aromatic amines is 1. The molecule has 1 saturated heterocycles. The third kappa shape index (κ3) is 4.31. The number of aryl methyl sites for hydroxylation is 1. The Morgan fingerprint density at radius 2 is 1.94 bits per heavy atom. The lowest BCUT2D eigenvalue weighted by Gasteiger charge is -2.15. The summed E-state index contributed by atoms with van der Waals surface area (Å²) in [5.74, 6) is 0.504. The number of hydrogen-bond acceptors (Lipinski definition) is 4. The van der Waals surface area contributed by atoms with Gasteiger partial charge in [0.05, 0.1) is 11.9 Å². The molecule has 0 bridgehead atoms. The Labute approximate surface area is 193 Å². The minimum Gasteiger partial charge on any atom is -0.337 e. The molecular weight excluding hydrogens is 412 g/mol. The summed E-state index contributed by atoms with van der Waals surface area (Å²) < 4.78 is 1.88. The van der Waals surface area contributed by atoms with Gasteiger partial charge in [-0.2, -0.15) is 10.2 Å². The summed E-state index contributed by atoms with van der Waals surface area (Å²) in [5.41, 5.74) is 6.64. The van der Waals surface area contributed by atoms with Gasteiger partial charge in [-0.25, -0.2) is 4.68 Å². The summed E-state index contributed by atoms with van der Waals surface area (Å²) >= 11 is 0. The maximum Gasteiger partial charge on any atom is 0.274 e. The van der Waals surface area contributed by atoms with E-state index in [1.807, 2.05) is 65.3 Å². The molecule has 0 radical (unpaired) electrons. The van der Waals surface area contributed by atoms with Crippen LogP contribution in [0, 0.1) is 6.92 Å². The predicted octanol–water partition coefficient (Wildman–Crippen LogP) is 4.72. The normalized spacial score (nSPS) is 16.0. The van der Waals surface area contributed by atoms with Crippen LogP contribution in [0.5, 0.6) is 0 Å². The van der Waals surface area contributed by atoms with Crippen molar-refractivity contribution in [3.63, 3.8) is 0 Å². The van der Waals surface area contributed by atoms with Crippen LogP contribution in [-0.2, 0) is 0 Å². The van der Waals surface area contributed by atoms with Crippen molar-refractivity contribution < 1.29 is 4.79 Å². The number of rotatable bonds is 5. The van der Waals surface area contributed by atoms with Crippen molar-refractivity contribution in [2.45, 2.75) is 39.0 Å². The van der Waals surface area contributed by atoms with E-state index in [9.17, 15) is 4.79 Å². The van der Waals surface area contributed by atoms with Gasteiger partial charge in [0, 0.05) is 47.8 Å². The molecule has 1 N–H and O–H groups in total. The molecular formula is C26H28N6O. The second-order valence-electron chi connectivity index (χ2n) is 9.03. The molecule has 1 atom stereocenters. The van der Waals surface area contributed by atoms with Crippen LogP contribution in [0.1, 0.15) is 59.7 Å². The first-order chi connectivity index (χ1) is 16.0. The third-order valence-corrected chi connectivity index (χ3v) is 6.24. The number of likely N-dealkylation sites (tertiary alicyclic amines) is 1. The van der Waals surface area contributed by atoms with Crippen molar-refractivity contribution in [3.05, 3.63) is 83.7 Å². The molecule has 5 rings (SSSR count). The summed E-state index contributed by atoms with van der Waals surface area (Å²) in [5, 5.41) is 11.8. The summed E-state index contributed by atoms with van der Waals surface area (Å²) in [6.45, 7) is 7.55. The van der Waals surface area contributed by atoms with Gasteiger partial charge in [-0.15, -0.1) is 0 Å². The number of hydrogen-bond donors (Lipinski definition) is 1. The molecule has 4 heterocycles. The van der Waals surface area contributed by atoms with E-state index in [0.717, 1.165) is 40.3 Å². The molecule has 0 spiro atoms. The second kappa shape index (κ2) is 8.65. The molecule has 1 unspecified atom stereocenters. The molecule has 0 aliphatic carbocycles. The summed E-state index contributed by atoms with van der Waals surface area (Å²) in [6, 6.07) is 16.2. The lowest BCUT2D eigenvalue weighted by Crippen LogP contribution is -2.28. The zero-order valence-corrected chi connectivity index (χ0v) is 19.2. The maximum absolute atomic E-state index is 13.0. The van der Waals surface area contributed by atoms with Crippen molar-refractivity contribution >= 4 is 5.91 Å². The van der Waals surface area contributed by atoms with Gasteiger partial charge >= 0.3 is 0 Å². The van der Waals surface area contributed by atoms with Crippen LogP contribution in [0.3, 0.4) is 0 Å². The fraction of sp³-hybridized carbons (Fsp3) is 0.308. The number of para-hydroxylation sites is 1. The molecule has 1 aromatic carbocycles. The van der Waals surface area contributed by atoms with Gasteiger partial charge in [-0.1, -0.05) is 32.0 Å². The van der Waals surface area contributed by atoms with Crippen LogP contribution in [0.25, 0.3) is 16.8 Å². The molecule has 1 amide bonds. The average molecular weight is 441 g/mol. The van der Waals surface area contributed by atoms with E-state index in [2.05, 4.69) is 41.3 Å². The number of benzene rings is 1. The number of pyridine rings is 1. The second-order valence-corrected chi connectivity index (χ2v) is 9.03. The Balaban J connectivity index is 1.34. The lowest BCUT2D eigenvalue weighted by molar-refractivity contribution is 0.0785. The Hall–Kier alpha value is -3.74. The molecule has 33 heavy (non-hydrogen) atoms. The highest BCUT2D eigenvalue weighted by Gasteiger charge is 2.30. The number of amides is 1. The topological polar surface area (TPSA) is 79.7 Å². The number of H-pyrrole nitrogens is 1. The maximum atomic E-state index is 13.0. The van der Waals surface area contributed by atoms with E-state index in [1.54, 1.807) is 0 Å². The summed E-state index contributed by atoms with van der Waals surface area (Å²) in [7, 11) is 0. The fourth-order valence-corrected chi connectivity index (χ4v) is 4.35. The first kappa shape index (κ1) is 21.1. The highest BCUT2D eigenvalue weighted by molar-refractivity contribution is 5.92. The zero-order chi connectivity index (χ0) is 22.9. The van der Waals surface area contributed by atoms with Crippen molar-refractivity contribution in [1.82, 2.24) is 29.9 Å². The number of nitrogens with one attached hydrogen (secondary N) is 1. The highest BCUT2D eigenvalue weighted by atomic mass is 16.2. The molecule has 0 saturated carbocycles. The van der Waals surface area contributed by atoms with Crippen LogP contribution < -0.4 is 0 Å². The molecule has 7 nitrogen and oxygen atoms in total. The molecule has 1 fully saturated rings. The quantitative estimate of drug-likeness (QED) is 0.487. The van der Waals surface area contributed by atoms with E-state index in [1.165, 1.54) is 0 Å². The lowest BCUT2D eigenvalue weighted by atomic mass is 10.00. The average Bonchev–Trinajstić information content (AvgIpc) is 3.59. The SMILES string of the molecule is Cc1cc(-c2cnn(-c3ccccc3)c2)cc(C2CCN(C(=O)c3cc(C(C)C)[nH]n3)C2)n1. The first-order valence-electron chi connectivity index (χ1n) is 11.4. The van der Waals surface area contributed by atoms with Crippen molar-refractivity contribution in [1.29, 1.82) is 0 Å². The zero-order valence-electron chi connectivity index (χ0n) is 19.2. The molecule has 7 heteroatoms. The largest absolute Gasteiger partial charge is 0.337 e. The first-order valence-corrected chi connectivity index (χ1v) is 11.4. The molecule has 4 aromatic rings. The monoisotopic (exact) mass is 440 g/mol. The van der Waals surface area contributed by atoms with Crippen LogP contribution in [0.4, 0.5) is 0 Å². The molecule has 168 valence electrons. The predicted molar refractivity (Wildman–Crippen MR) is 127 cm³/mol. The van der Waals surface area contributed by atoms with Crippen LogP contribution in [0.2, 0.25) is 0 Å². The number of aromatic nitrogens is 5. The van der Waals surface area contributed by atoms with Crippen molar-refractivity contribution in [2.24, 2.45) is 0 Å². The van der Waals surface area contributed by atoms with Crippen LogP contribution in [-0.4, -0.2) is 48.9 Å². The fourth-order valence-electron chi connectivity index (χ4n) is 4.35. The highest BCUT2D eigenvalue weighted by Crippen LogP contribution is 2.31. The van der Waals surface area contributed by atoms with Crippen LogP contribution in [0.15, 0.2) is 60.9 Å². The summed E-state index contributed by atoms with van der Waals surface area (Å²) in [4.78, 5) is 19.7. The molecule has 1 aliphatic heterocycles. The van der Waals surface area contributed by atoms with Gasteiger partial charge in [0.15, 0.2) is 0 Å². The Kier molecular flexibility index (Phi) is 5.54. The minimum atomic E-state index is -0.0161. The molecule has 1 aliphatic rings.